The zero-order chi connectivity index (χ0) is 22.6. The van der Waals surface area contributed by atoms with Crippen LogP contribution in [0.5, 0.6) is 5.75 Å². The number of pyridine rings is 1. The number of carbonyl (C=O) groups is 2. The third-order valence-electron chi connectivity index (χ3n) is 6.65. The number of hydrogen-bond acceptors (Lipinski definition) is 5. The highest BCUT2D eigenvalue weighted by Crippen LogP contribution is 2.34. The van der Waals surface area contributed by atoms with Gasteiger partial charge >= 0.3 is 0 Å². The van der Waals surface area contributed by atoms with Gasteiger partial charge in [0.15, 0.2) is 11.4 Å². The van der Waals surface area contributed by atoms with Crippen LogP contribution in [0.25, 0.3) is 0 Å². The summed E-state index contributed by atoms with van der Waals surface area (Å²) in [5.41, 5.74) is -1.37. The lowest BCUT2D eigenvalue weighted by molar-refractivity contribution is -0.0211. The van der Waals surface area contributed by atoms with E-state index in [1.807, 2.05) is 0 Å². The van der Waals surface area contributed by atoms with E-state index in [1.165, 1.54) is 16.8 Å². The molecular weight excluding hydrogens is 422 g/mol. The second-order valence-corrected chi connectivity index (χ2v) is 8.44. The number of aromatic nitrogens is 1. The minimum atomic E-state index is -0.962. The van der Waals surface area contributed by atoms with Gasteiger partial charge in [-0.2, -0.15) is 0 Å². The van der Waals surface area contributed by atoms with Crippen LogP contribution < -0.4 is 10.7 Å². The number of fused-ring (bicyclic) bond motifs is 4. The summed E-state index contributed by atoms with van der Waals surface area (Å²) in [5, 5.41) is 12.9. The van der Waals surface area contributed by atoms with Crippen molar-refractivity contribution in [3.05, 3.63) is 63.1 Å². The van der Waals surface area contributed by atoms with Gasteiger partial charge < -0.3 is 19.9 Å². The molecule has 0 bridgehead atoms. The van der Waals surface area contributed by atoms with Gasteiger partial charge in [-0.25, -0.2) is 8.78 Å². The van der Waals surface area contributed by atoms with Gasteiger partial charge in [-0.15, -0.1) is 0 Å². The molecule has 2 aromatic rings. The SMILES string of the molecule is O=C(NCc1ccc(F)cc1F)c1cn2c(c(O)c1=O)C(=O)N1CCC3CCCN3[C@@H]1C2. The molecule has 1 unspecified atom stereocenters. The maximum absolute atomic E-state index is 13.8. The van der Waals surface area contributed by atoms with E-state index in [0.717, 1.165) is 31.9 Å². The van der Waals surface area contributed by atoms with Crippen LogP contribution in [-0.2, 0) is 13.1 Å². The molecule has 2 saturated heterocycles. The van der Waals surface area contributed by atoms with Crippen LogP contribution >= 0.6 is 0 Å². The predicted octanol–water partition coefficient (Wildman–Crippen LogP) is 1.41. The lowest BCUT2D eigenvalue weighted by Gasteiger charge is -2.48. The fourth-order valence-electron chi connectivity index (χ4n) is 5.04. The summed E-state index contributed by atoms with van der Waals surface area (Å²) < 4.78 is 28.4. The van der Waals surface area contributed by atoms with Crippen LogP contribution in [0.2, 0.25) is 0 Å². The quantitative estimate of drug-likeness (QED) is 0.747. The van der Waals surface area contributed by atoms with Crippen molar-refractivity contribution in [2.24, 2.45) is 0 Å². The van der Waals surface area contributed by atoms with E-state index in [1.54, 1.807) is 4.90 Å². The molecule has 10 heteroatoms. The Labute approximate surface area is 182 Å². The van der Waals surface area contributed by atoms with E-state index in [-0.39, 0.29) is 29.5 Å². The molecule has 3 aliphatic heterocycles. The first-order chi connectivity index (χ1) is 15.3. The van der Waals surface area contributed by atoms with E-state index in [4.69, 9.17) is 0 Å². The summed E-state index contributed by atoms with van der Waals surface area (Å²) in [6, 6.07) is 3.38. The number of carbonyl (C=O) groups excluding carboxylic acids is 2. The van der Waals surface area contributed by atoms with Crippen molar-refractivity contribution in [2.75, 3.05) is 13.1 Å². The molecule has 0 aliphatic carbocycles. The normalized spacial score (nSPS) is 22.3. The number of aromatic hydroxyl groups is 1. The topological polar surface area (TPSA) is 94.9 Å². The number of benzene rings is 1. The van der Waals surface area contributed by atoms with Crippen LogP contribution in [0.4, 0.5) is 8.78 Å². The average molecular weight is 444 g/mol. The van der Waals surface area contributed by atoms with E-state index < -0.39 is 34.6 Å². The zero-order valence-electron chi connectivity index (χ0n) is 17.2. The Hall–Kier alpha value is -3.27. The lowest BCUT2D eigenvalue weighted by atomic mass is 10.0. The first kappa shape index (κ1) is 20.6. The molecule has 5 rings (SSSR count). The molecule has 0 radical (unpaired) electrons. The van der Waals surface area contributed by atoms with Crippen LogP contribution in [-0.4, -0.2) is 56.6 Å². The van der Waals surface area contributed by atoms with Crippen molar-refractivity contribution >= 4 is 11.8 Å². The molecule has 32 heavy (non-hydrogen) atoms. The van der Waals surface area contributed by atoms with Crippen LogP contribution in [0.15, 0.2) is 29.2 Å². The number of nitrogens with zero attached hydrogens (tertiary/aromatic N) is 3. The van der Waals surface area contributed by atoms with E-state index >= 15 is 0 Å². The number of amides is 2. The largest absolute Gasteiger partial charge is 0.503 e. The Morgan fingerprint density at radius 1 is 1.19 bits per heavy atom. The van der Waals surface area contributed by atoms with Crippen molar-refractivity contribution in [2.45, 2.75) is 44.6 Å². The molecule has 3 aliphatic rings. The van der Waals surface area contributed by atoms with Crippen LogP contribution in [0.3, 0.4) is 0 Å². The summed E-state index contributed by atoms with van der Waals surface area (Å²) in [5.74, 6) is -3.57. The second kappa shape index (κ2) is 7.70. The molecular formula is C22H22F2N4O4. The molecule has 1 aromatic carbocycles. The lowest BCUT2D eigenvalue weighted by Crippen LogP contribution is -2.62. The summed E-state index contributed by atoms with van der Waals surface area (Å²) in [6.07, 6.45) is 4.08. The van der Waals surface area contributed by atoms with Gasteiger partial charge in [0.05, 0.1) is 6.54 Å². The maximum atomic E-state index is 13.8. The van der Waals surface area contributed by atoms with Crippen molar-refractivity contribution < 1.29 is 23.5 Å². The minimum absolute atomic E-state index is 0.0511. The van der Waals surface area contributed by atoms with Crippen LogP contribution in [0, 0.1) is 11.6 Å². The highest BCUT2D eigenvalue weighted by atomic mass is 19.1. The highest BCUT2D eigenvalue weighted by Gasteiger charge is 2.45. The van der Waals surface area contributed by atoms with Gasteiger partial charge in [0.1, 0.15) is 23.4 Å². The molecule has 2 atom stereocenters. The Morgan fingerprint density at radius 3 is 2.78 bits per heavy atom. The number of rotatable bonds is 3. The molecule has 2 fully saturated rings. The first-order valence-corrected chi connectivity index (χ1v) is 10.6. The van der Waals surface area contributed by atoms with E-state index in [0.29, 0.717) is 25.2 Å². The Morgan fingerprint density at radius 2 is 2.00 bits per heavy atom. The molecule has 2 amide bonds. The third kappa shape index (κ3) is 3.26. The maximum Gasteiger partial charge on any atom is 0.275 e. The summed E-state index contributed by atoms with van der Waals surface area (Å²) in [6.45, 7) is 1.50. The van der Waals surface area contributed by atoms with Gasteiger partial charge in [-0.05, 0) is 25.3 Å². The molecule has 4 heterocycles. The standard InChI is InChI=1S/C22H22F2N4O4/c23-13-4-3-12(16(24)8-13)9-25-21(31)15-10-26-11-17-27-6-1-2-14(27)5-7-28(17)22(32)18(26)20(30)19(15)29/h3-4,8,10,14,17,30H,1-2,5-7,9,11H2,(H,25,31)/t14?,17-/m0/s1. The number of nitrogens with one attached hydrogen (secondary N) is 1. The van der Waals surface area contributed by atoms with E-state index in [9.17, 15) is 28.3 Å². The highest BCUT2D eigenvalue weighted by molar-refractivity contribution is 5.99. The van der Waals surface area contributed by atoms with Gasteiger partial charge in [0.25, 0.3) is 11.8 Å². The first-order valence-electron chi connectivity index (χ1n) is 10.6. The van der Waals surface area contributed by atoms with Crippen molar-refractivity contribution in [1.29, 1.82) is 0 Å². The Kier molecular flexibility index (Phi) is 4.96. The predicted molar refractivity (Wildman–Crippen MR) is 109 cm³/mol. The van der Waals surface area contributed by atoms with Gasteiger partial charge in [-0.3, -0.25) is 19.3 Å². The number of hydrogen-bond donors (Lipinski definition) is 2. The third-order valence-corrected chi connectivity index (χ3v) is 6.65. The Bertz CT molecular complexity index is 1180. The monoisotopic (exact) mass is 444 g/mol. The molecule has 168 valence electrons. The second-order valence-electron chi connectivity index (χ2n) is 8.44. The molecule has 8 nitrogen and oxygen atoms in total. The van der Waals surface area contributed by atoms with Crippen molar-refractivity contribution in [3.63, 3.8) is 0 Å². The Balaban J connectivity index is 1.44. The van der Waals surface area contributed by atoms with Gasteiger partial charge in [0.2, 0.25) is 5.43 Å². The van der Waals surface area contributed by atoms with Crippen LogP contribution in [0.1, 0.15) is 45.7 Å². The fraction of sp³-hybridized carbons (Fsp3) is 0.409. The minimum Gasteiger partial charge on any atom is -0.503 e. The summed E-state index contributed by atoms with van der Waals surface area (Å²) in [4.78, 5) is 42.4. The van der Waals surface area contributed by atoms with Crippen molar-refractivity contribution in [3.8, 4) is 5.75 Å². The summed E-state index contributed by atoms with van der Waals surface area (Å²) in [7, 11) is 0. The molecule has 0 spiro atoms. The van der Waals surface area contributed by atoms with Crippen molar-refractivity contribution in [1.82, 2.24) is 19.7 Å². The zero-order valence-corrected chi connectivity index (χ0v) is 17.2. The smallest absolute Gasteiger partial charge is 0.275 e. The van der Waals surface area contributed by atoms with E-state index in [2.05, 4.69) is 10.2 Å². The summed E-state index contributed by atoms with van der Waals surface area (Å²) >= 11 is 0. The number of halogens is 2. The van der Waals surface area contributed by atoms with Gasteiger partial charge in [0, 0.05) is 43.5 Å². The molecule has 1 aromatic heterocycles. The van der Waals surface area contributed by atoms with Gasteiger partial charge in [-0.1, -0.05) is 6.07 Å². The fourth-order valence-corrected chi connectivity index (χ4v) is 5.04. The average Bonchev–Trinajstić information content (AvgIpc) is 3.25. The molecule has 2 N–H and O–H groups in total. The molecule has 0 saturated carbocycles.